The van der Waals surface area contributed by atoms with Crippen LogP contribution in [0.2, 0.25) is 0 Å². The maximum Gasteiger partial charge on any atom is 0.228 e. The van der Waals surface area contributed by atoms with Crippen LogP contribution >= 0.6 is 0 Å². The minimum atomic E-state index is -0.717. The molecule has 0 radical (unpaired) electrons. The Hall–Kier alpha value is -3.90. The van der Waals surface area contributed by atoms with Crippen molar-refractivity contribution in [1.82, 2.24) is 4.90 Å². The molecule has 3 aliphatic heterocycles. The van der Waals surface area contributed by atoms with Crippen LogP contribution in [0, 0.1) is 5.92 Å². The number of ketones is 1. The molecule has 1 aliphatic carbocycles. The maximum absolute atomic E-state index is 12.7. The Labute approximate surface area is 229 Å². The van der Waals surface area contributed by atoms with Gasteiger partial charge in [0.05, 0.1) is 24.1 Å². The number of likely N-dealkylation sites (N-methyl/N-ethyl adjacent to an activating group) is 1. The molecule has 1 spiro atoms. The van der Waals surface area contributed by atoms with Gasteiger partial charge < -0.3 is 14.5 Å². The van der Waals surface area contributed by atoms with E-state index in [9.17, 15) is 4.79 Å². The van der Waals surface area contributed by atoms with Crippen molar-refractivity contribution in [1.29, 1.82) is 0 Å². The Morgan fingerprint density at radius 3 is 2.38 bits per heavy atom. The van der Waals surface area contributed by atoms with Crippen LogP contribution in [0.15, 0.2) is 83.9 Å². The van der Waals surface area contributed by atoms with Gasteiger partial charge in [-0.05, 0) is 25.5 Å². The molecule has 198 valence electrons. The summed E-state index contributed by atoms with van der Waals surface area (Å²) in [6.07, 6.45) is 9.89. The van der Waals surface area contributed by atoms with Crippen LogP contribution in [-0.2, 0) is 10.2 Å². The van der Waals surface area contributed by atoms with E-state index in [0.717, 1.165) is 43.0 Å². The minimum Gasteiger partial charge on any atom is -0.459 e. The molecule has 3 aromatic rings. The number of nitrogens with zero attached hydrogens (tertiary/aromatic N) is 4. The van der Waals surface area contributed by atoms with E-state index < -0.39 is 5.72 Å². The molecule has 1 atom stereocenters. The summed E-state index contributed by atoms with van der Waals surface area (Å²) in [5.41, 5.74) is 3.48. The first-order chi connectivity index (χ1) is 18.9. The van der Waals surface area contributed by atoms with Gasteiger partial charge in [0.15, 0.2) is 11.5 Å². The molecule has 0 N–H and O–H groups in total. The van der Waals surface area contributed by atoms with Crippen molar-refractivity contribution in [2.45, 2.75) is 25.0 Å². The van der Waals surface area contributed by atoms with Crippen LogP contribution in [0.5, 0.6) is 5.75 Å². The predicted octanol–water partition coefficient (Wildman–Crippen LogP) is 5.49. The molecule has 0 amide bonds. The third-order valence-electron chi connectivity index (χ3n) is 9.14. The number of anilines is 2. The highest BCUT2D eigenvalue weighted by atomic mass is 16.5. The van der Waals surface area contributed by atoms with Gasteiger partial charge in [-0.3, -0.25) is 14.7 Å². The van der Waals surface area contributed by atoms with Crippen molar-refractivity contribution in [3.63, 3.8) is 0 Å². The van der Waals surface area contributed by atoms with E-state index in [0.29, 0.717) is 6.54 Å². The van der Waals surface area contributed by atoms with Gasteiger partial charge in [0.1, 0.15) is 5.69 Å². The highest BCUT2D eigenvalue weighted by Gasteiger charge is 2.58. The van der Waals surface area contributed by atoms with Crippen LogP contribution in [0.25, 0.3) is 10.8 Å². The monoisotopic (exact) mass is 518 g/mol. The first kappa shape index (κ1) is 24.2. The standard InChI is InChI=1S/C33H34N4O2/c1-32(2)26-14-8-9-15-27(26)35(3)33(32)22-34-31-25-13-7-6-12-24(25)28(20-30(31)39-33)37-18-16-36(17-19-37)21-29(38)23-10-4-5-11-23/h4-15,20,22-23H,16-19,21H2,1-3H3. The van der Waals surface area contributed by atoms with Gasteiger partial charge in [-0.2, -0.15) is 0 Å². The molecule has 3 heterocycles. The van der Waals surface area contributed by atoms with Crippen LogP contribution in [-0.4, -0.2) is 62.4 Å². The summed E-state index contributed by atoms with van der Waals surface area (Å²) >= 11 is 0. The third-order valence-corrected chi connectivity index (χ3v) is 9.14. The zero-order valence-corrected chi connectivity index (χ0v) is 22.8. The summed E-state index contributed by atoms with van der Waals surface area (Å²) in [6, 6.07) is 19.2. The van der Waals surface area contributed by atoms with E-state index in [1.807, 2.05) is 30.5 Å². The van der Waals surface area contributed by atoms with Crippen molar-refractivity contribution >= 4 is 39.8 Å². The number of ether oxygens (including phenoxy) is 1. The van der Waals surface area contributed by atoms with E-state index in [4.69, 9.17) is 9.73 Å². The Morgan fingerprint density at radius 2 is 1.64 bits per heavy atom. The topological polar surface area (TPSA) is 48.4 Å². The van der Waals surface area contributed by atoms with Gasteiger partial charge >= 0.3 is 0 Å². The molecule has 0 aromatic heterocycles. The maximum atomic E-state index is 12.7. The lowest BCUT2D eigenvalue weighted by Crippen LogP contribution is -2.61. The fraction of sp³-hybridized carbons (Fsp3) is 0.333. The summed E-state index contributed by atoms with van der Waals surface area (Å²) < 4.78 is 7.04. The number of para-hydroxylation sites is 1. The number of fused-ring (bicyclic) bond motifs is 4. The Balaban J connectivity index is 1.20. The molecule has 6 nitrogen and oxygen atoms in total. The van der Waals surface area contributed by atoms with Gasteiger partial charge in [0.2, 0.25) is 5.72 Å². The summed E-state index contributed by atoms with van der Waals surface area (Å²) in [5.74, 6) is 1.02. The zero-order chi connectivity index (χ0) is 26.8. The average Bonchev–Trinajstić information content (AvgIpc) is 3.56. The van der Waals surface area contributed by atoms with E-state index in [1.165, 1.54) is 22.3 Å². The number of hydrogen-bond donors (Lipinski definition) is 0. The number of carbonyl (C=O) groups excluding carboxylic acids is 1. The molecule has 3 aromatic carbocycles. The molecule has 1 unspecified atom stereocenters. The predicted molar refractivity (Wildman–Crippen MR) is 159 cm³/mol. The Kier molecular flexibility index (Phi) is 5.46. The van der Waals surface area contributed by atoms with Crippen LogP contribution in [0.3, 0.4) is 0 Å². The second-order valence-corrected chi connectivity index (χ2v) is 11.6. The number of aliphatic imine (C=N–C) groups is 1. The van der Waals surface area contributed by atoms with E-state index in [2.05, 4.69) is 90.2 Å². The SMILES string of the molecule is CN1c2ccccc2C(C)(C)C12C=Nc1c(cc(N3CCN(CC(=O)C4C=CC=C4)CC3)c3ccccc13)O2. The van der Waals surface area contributed by atoms with Crippen molar-refractivity contribution < 1.29 is 9.53 Å². The van der Waals surface area contributed by atoms with Crippen LogP contribution in [0.1, 0.15) is 19.4 Å². The van der Waals surface area contributed by atoms with E-state index >= 15 is 0 Å². The summed E-state index contributed by atoms with van der Waals surface area (Å²) in [4.78, 5) is 24.7. The molecule has 0 saturated carbocycles. The summed E-state index contributed by atoms with van der Waals surface area (Å²) in [7, 11) is 2.10. The quantitative estimate of drug-likeness (QED) is 0.457. The van der Waals surface area contributed by atoms with Gasteiger partial charge in [-0.25, -0.2) is 0 Å². The smallest absolute Gasteiger partial charge is 0.228 e. The molecule has 39 heavy (non-hydrogen) atoms. The lowest BCUT2D eigenvalue weighted by molar-refractivity contribution is -0.121. The third kappa shape index (κ3) is 3.58. The summed E-state index contributed by atoms with van der Waals surface area (Å²) in [5, 5.41) is 2.28. The van der Waals surface area contributed by atoms with Gasteiger partial charge in [-0.15, -0.1) is 0 Å². The second kappa shape index (κ2) is 8.82. The fourth-order valence-corrected chi connectivity index (χ4v) is 6.78. The number of rotatable bonds is 4. The number of benzene rings is 3. The number of allylic oxidation sites excluding steroid dienone is 4. The van der Waals surface area contributed by atoms with Crippen molar-refractivity contribution in [3.8, 4) is 5.75 Å². The number of carbonyl (C=O) groups is 1. The molecular formula is C33H34N4O2. The lowest BCUT2D eigenvalue weighted by atomic mass is 9.77. The average molecular weight is 519 g/mol. The van der Waals surface area contributed by atoms with Crippen LogP contribution in [0.4, 0.5) is 17.1 Å². The van der Waals surface area contributed by atoms with E-state index in [1.54, 1.807) is 0 Å². The number of Topliss-reactive ketones (excluding diaryl/α,β-unsaturated/α-hetero) is 1. The van der Waals surface area contributed by atoms with Crippen LogP contribution < -0.4 is 14.5 Å². The van der Waals surface area contributed by atoms with Crippen molar-refractivity contribution in [2.75, 3.05) is 49.6 Å². The molecule has 6 heteroatoms. The first-order valence-corrected chi connectivity index (χ1v) is 13.9. The Bertz CT molecular complexity index is 1550. The van der Waals surface area contributed by atoms with Gasteiger partial charge in [0.25, 0.3) is 0 Å². The minimum absolute atomic E-state index is 0.0678. The largest absolute Gasteiger partial charge is 0.459 e. The van der Waals surface area contributed by atoms with Gasteiger partial charge in [-0.1, -0.05) is 66.8 Å². The highest BCUT2D eigenvalue weighted by Crippen LogP contribution is 2.55. The summed E-state index contributed by atoms with van der Waals surface area (Å²) in [6.45, 7) is 8.41. The normalized spacial score (nSPS) is 23.5. The second-order valence-electron chi connectivity index (χ2n) is 11.6. The zero-order valence-electron chi connectivity index (χ0n) is 22.8. The molecule has 1 fully saturated rings. The number of hydrogen-bond acceptors (Lipinski definition) is 6. The van der Waals surface area contributed by atoms with Crippen molar-refractivity contribution in [2.24, 2.45) is 10.9 Å². The first-order valence-electron chi connectivity index (χ1n) is 13.9. The fourth-order valence-electron chi connectivity index (χ4n) is 6.78. The molecule has 1 saturated heterocycles. The Morgan fingerprint density at radius 1 is 0.949 bits per heavy atom. The number of piperazine rings is 1. The molecule has 4 aliphatic rings. The van der Waals surface area contributed by atoms with E-state index in [-0.39, 0.29) is 17.1 Å². The molecular weight excluding hydrogens is 484 g/mol. The van der Waals surface area contributed by atoms with Gasteiger partial charge in [0, 0.05) is 61.4 Å². The lowest BCUT2D eigenvalue weighted by Gasteiger charge is -2.45. The molecule has 7 rings (SSSR count). The molecule has 0 bridgehead atoms. The highest BCUT2D eigenvalue weighted by molar-refractivity contribution is 6.06. The van der Waals surface area contributed by atoms with Crippen molar-refractivity contribution in [3.05, 3.63) is 84.5 Å².